The number of halogens is 2. The number of alkyl halides is 1. The van der Waals surface area contributed by atoms with Gasteiger partial charge in [-0.3, -0.25) is 0 Å². The molecule has 0 unspecified atom stereocenters. The molecule has 0 fully saturated rings. The Balaban J connectivity index is 2.47. The van der Waals surface area contributed by atoms with Gasteiger partial charge >= 0.3 is 0 Å². The molecule has 0 atom stereocenters. The molecule has 0 heterocycles. The van der Waals surface area contributed by atoms with Gasteiger partial charge in [-0.05, 0) is 37.1 Å². The van der Waals surface area contributed by atoms with Crippen molar-refractivity contribution >= 4 is 23.2 Å². The van der Waals surface area contributed by atoms with Crippen molar-refractivity contribution in [3.05, 3.63) is 28.3 Å². The average Bonchev–Trinajstić information content (AvgIpc) is 2.20. The first kappa shape index (κ1) is 13.6. The van der Waals surface area contributed by atoms with Crippen molar-refractivity contribution < 1.29 is 9.47 Å². The van der Waals surface area contributed by atoms with E-state index in [-0.39, 0.29) is 0 Å². The van der Waals surface area contributed by atoms with E-state index in [1.807, 2.05) is 26.0 Å². The lowest BCUT2D eigenvalue weighted by Crippen LogP contribution is -2.09. The lowest BCUT2D eigenvalue weighted by Gasteiger charge is -2.12. The van der Waals surface area contributed by atoms with Crippen molar-refractivity contribution in [1.82, 2.24) is 0 Å². The molecule has 0 N–H and O–H groups in total. The van der Waals surface area contributed by atoms with Crippen LogP contribution in [0.5, 0.6) is 5.75 Å². The summed E-state index contributed by atoms with van der Waals surface area (Å²) in [6.45, 7) is 5.60. The Kier molecular flexibility index (Phi) is 5.96. The quantitative estimate of drug-likeness (QED) is 0.576. The molecule has 0 aliphatic rings. The molecule has 0 aromatic heterocycles. The molecule has 4 heteroatoms. The fourth-order valence-electron chi connectivity index (χ4n) is 1.48. The summed E-state index contributed by atoms with van der Waals surface area (Å²) in [6, 6.07) is 3.78. The third-order valence-corrected chi connectivity index (χ3v) is 2.49. The molecule has 0 amide bonds. The summed E-state index contributed by atoms with van der Waals surface area (Å²) in [7, 11) is 0. The molecule has 90 valence electrons. The van der Waals surface area contributed by atoms with Crippen molar-refractivity contribution in [2.45, 2.75) is 13.8 Å². The van der Waals surface area contributed by atoms with Crippen LogP contribution in [0, 0.1) is 13.8 Å². The molecule has 0 spiro atoms. The predicted molar refractivity (Wildman–Crippen MR) is 68.0 cm³/mol. The smallest absolute Gasteiger partial charge is 0.125 e. The van der Waals surface area contributed by atoms with Gasteiger partial charge in [-0.25, -0.2) is 0 Å². The van der Waals surface area contributed by atoms with Crippen LogP contribution in [0.2, 0.25) is 5.02 Å². The molecule has 0 bridgehead atoms. The van der Waals surface area contributed by atoms with Crippen LogP contribution in [0.4, 0.5) is 0 Å². The van der Waals surface area contributed by atoms with E-state index in [1.54, 1.807) is 0 Å². The second kappa shape index (κ2) is 7.00. The summed E-state index contributed by atoms with van der Waals surface area (Å²) in [5.41, 5.74) is 2.09. The molecule has 1 aromatic carbocycles. The SMILES string of the molecule is Cc1cc(Cl)cc(C)c1OCCOCCCl. The van der Waals surface area contributed by atoms with Gasteiger partial charge < -0.3 is 9.47 Å². The Bertz CT molecular complexity index is 317. The zero-order valence-electron chi connectivity index (χ0n) is 9.56. The highest BCUT2D eigenvalue weighted by Gasteiger charge is 2.05. The van der Waals surface area contributed by atoms with Gasteiger partial charge in [-0.2, -0.15) is 0 Å². The highest BCUT2D eigenvalue weighted by Crippen LogP contribution is 2.26. The molecule has 16 heavy (non-hydrogen) atoms. The summed E-state index contributed by atoms with van der Waals surface area (Å²) < 4.78 is 10.9. The normalized spacial score (nSPS) is 10.5. The average molecular weight is 263 g/mol. The van der Waals surface area contributed by atoms with Crippen molar-refractivity contribution in [2.75, 3.05) is 25.7 Å². The zero-order valence-corrected chi connectivity index (χ0v) is 11.1. The van der Waals surface area contributed by atoms with Crippen molar-refractivity contribution in [2.24, 2.45) is 0 Å². The molecule has 0 radical (unpaired) electrons. The maximum Gasteiger partial charge on any atom is 0.125 e. The molecular weight excluding hydrogens is 247 g/mol. The third-order valence-electron chi connectivity index (χ3n) is 2.12. The van der Waals surface area contributed by atoms with Crippen LogP contribution in [0.3, 0.4) is 0 Å². The first-order valence-corrected chi connectivity index (χ1v) is 6.09. The molecule has 0 saturated heterocycles. The fourth-order valence-corrected chi connectivity index (χ4v) is 1.92. The third kappa shape index (κ3) is 4.20. The van der Waals surface area contributed by atoms with Gasteiger partial charge in [0.15, 0.2) is 0 Å². The lowest BCUT2D eigenvalue weighted by molar-refractivity contribution is 0.111. The number of hydrogen-bond donors (Lipinski definition) is 0. The Morgan fingerprint density at radius 2 is 1.69 bits per heavy atom. The number of rotatable bonds is 6. The largest absolute Gasteiger partial charge is 0.491 e. The summed E-state index contributed by atoms with van der Waals surface area (Å²) in [6.07, 6.45) is 0. The molecule has 0 aliphatic carbocycles. The zero-order chi connectivity index (χ0) is 12.0. The fraction of sp³-hybridized carbons (Fsp3) is 0.500. The van der Waals surface area contributed by atoms with E-state index in [4.69, 9.17) is 32.7 Å². The summed E-state index contributed by atoms with van der Waals surface area (Å²) in [5.74, 6) is 1.40. The monoisotopic (exact) mass is 262 g/mol. The van der Waals surface area contributed by atoms with Crippen molar-refractivity contribution in [1.29, 1.82) is 0 Å². The number of ether oxygens (including phenoxy) is 2. The molecule has 2 nitrogen and oxygen atoms in total. The van der Waals surface area contributed by atoms with E-state index in [2.05, 4.69) is 0 Å². The second-order valence-electron chi connectivity index (χ2n) is 3.52. The summed E-state index contributed by atoms with van der Waals surface area (Å²) in [4.78, 5) is 0. The first-order chi connectivity index (χ1) is 7.65. The topological polar surface area (TPSA) is 18.5 Å². The van der Waals surface area contributed by atoms with Gasteiger partial charge in [0, 0.05) is 10.9 Å². The van der Waals surface area contributed by atoms with E-state index < -0.39 is 0 Å². The minimum absolute atomic E-state index is 0.513. The van der Waals surface area contributed by atoms with E-state index in [0.717, 1.165) is 21.9 Å². The Labute approximate surface area is 106 Å². The Hall–Kier alpha value is -0.440. The summed E-state index contributed by atoms with van der Waals surface area (Å²) in [5, 5.41) is 0.737. The molecule has 0 saturated carbocycles. The number of hydrogen-bond acceptors (Lipinski definition) is 2. The van der Waals surface area contributed by atoms with Gasteiger partial charge in [0.2, 0.25) is 0 Å². The van der Waals surface area contributed by atoms with E-state index >= 15 is 0 Å². The molecule has 1 rings (SSSR count). The predicted octanol–water partition coefficient (Wildman–Crippen LogP) is 3.59. The van der Waals surface area contributed by atoms with Crippen LogP contribution >= 0.6 is 23.2 Å². The molecular formula is C12H16Cl2O2. The Morgan fingerprint density at radius 3 is 2.25 bits per heavy atom. The first-order valence-electron chi connectivity index (χ1n) is 5.18. The van der Waals surface area contributed by atoms with Crippen LogP contribution in [0.1, 0.15) is 11.1 Å². The Morgan fingerprint density at radius 1 is 1.06 bits per heavy atom. The standard InChI is InChI=1S/C12H16Cl2O2/c1-9-7-11(14)8-10(2)12(9)16-6-5-15-4-3-13/h7-8H,3-6H2,1-2H3. The van der Waals surface area contributed by atoms with Crippen LogP contribution in [0.25, 0.3) is 0 Å². The van der Waals surface area contributed by atoms with Crippen LogP contribution in [-0.2, 0) is 4.74 Å². The van der Waals surface area contributed by atoms with Crippen LogP contribution < -0.4 is 4.74 Å². The van der Waals surface area contributed by atoms with Gasteiger partial charge in [0.25, 0.3) is 0 Å². The van der Waals surface area contributed by atoms with Crippen LogP contribution in [0.15, 0.2) is 12.1 Å². The maximum absolute atomic E-state index is 5.93. The van der Waals surface area contributed by atoms with Gasteiger partial charge in [0.1, 0.15) is 12.4 Å². The van der Waals surface area contributed by atoms with Gasteiger partial charge in [-0.1, -0.05) is 11.6 Å². The number of benzene rings is 1. The van der Waals surface area contributed by atoms with Crippen molar-refractivity contribution in [3.8, 4) is 5.75 Å². The summed E-state index contributed by atoms with van der Waals surface area (Å²) >= 11 is 11.4. The molecule has 1 aromatic rings. The van der Waals surface area contributed by atoms with E-state index in [9.17, 15) is 0 Å². The second-order valence-corrected chi connectivity index (χ2v) is 4.33. The maximum atomic E-state index is 5.93. The van der Waals surface area contributed by atoms with E-state index in [1.165, 1.54) is 0 Å². The van der Waals surface area contributed by atoms with Crippen molar-refractivity contribution in [3.63, 3.8) is 0 Å². The van der Waals surface area contributed by atoms with Crippen LogP contribution in [-0.4, -0.2) is 25.7 Å². The highest BCUT2D eigenvalue weighted by atomic mass is 35.5. The highest BCUT2D eigenvalue weighted by molar-refractivity contribution is 6.30. The molecule has 0 aliphatic heterocycles. The number of aryl methyl sites for hydroxylation is 2. The minimum Gasteiger partial charge on any atom is -0.491 e. The van der Waals surface area contributed by atoms with Gasteiger partial charge in [0.05, 0.1) is 13.2 Å². The van der Waals surface area contributed by atoms with E-state index in [0.29, 0.717) is 25.7 Å². The lowest BCUT2D eigenvalue weighted by atomic mass is 10.1. The minimum atomic E-state index is 0.513. The van der Waals surface area contributed by atoms with Gasteiger partial charge in [-0.15, -0.1) is 11.6 Å².